The van der Waals surface area contributed by atoms with Gasteiger partial charge in [0.25, 0.3) is 0 Å². The van der Waals surface area contributed by atoms with Crippen molar-refractivity contribution >= 4 is 18.4 Å². The fraction of sp³-hybridized carbons (Fsp3) is 0.500. The second-order valence-corrected chi connectivity index (χ2v) is 1.70. The molecule has 0 atom stereocenters. The second-order valence-electron chi connectivity index (χ2n) is 1.70. The van der Waals surface area contributed by atoms with E-state index in [0.717, 1.165) is 0 Å². The molecule has 0 aromatic rings. The Morgan fingerprint density at radius 2 is 2.20 bits per heavy atom. The lowest BCUT2D eigenvalue weighted by Gasteiger charge is -1.99. The highest BCUT2D eigenvalue weighted by molar-refractivity contribution is 5.86. The predicted octanol–water partition coefficient (Wildman–Crippen LogP) is 0.486. The fourth-order valence-electron chi connectivity index (χ4n) is 0.275. The quantitative estimate of drug-likeness (QED) is 0.489. The minimum atomic E-state index is -0.375. The summed E-state index contributed by atoms with van der Waals surface area (Å²) in [7, 11) is 0. The molecule has 0 aromatic carbocycles. The summed E-state index contributed by atoms with van der Waals surface area (Å²) < 4.78 is 4.59. The van der Waals surface area contributed by atoms with Crippen molar-refractivity contribution in [2.75, 3.05) is 13.2 Å². The molecule has 0 fully saturated rings. The van der Waals surface area contributed by atoms with Crippen LogP contribution < -0.4 is 5.73 Å². The van der Waals surface area contributed by atoms with Gasteiger partial charge < -0.3 is 10.5 Å². The van der Waals surface area contributed by atoms with Gasteiger partial charge in [0.15, 0.2) is 0 Å². The van der Waals surface area contributed by atoms with E-state index >= 15 is 0 Å². The monoisotopic (exact) mass is 165 g/mol. The number of nitrogens with two attached hydrogens (primary N) is 1. The maximum Gasteiger partial charge on any atom is 0.333 e. The number of carbonyl (C=O) groups excluding carboxylic acids is 1. The standard InChI is InChI=1S/C6H11NO2.ClH/c1-5(2)6(8)9-4-3-7;/h1,3-4,7H2,2H3;1H. The molecule has 0 bridgehead atoms. The normalized spacial score (nSPS) is 7.80. The molecule has 0 radical (unpaired) electrons. The van der Waals surface area contributed by atoms with E-state index in [0.29, 0.717) is 12.1 Å². The van der Waals surface area contributed by atoms with E-state index in [2.05, 4.69) is 11.3 Å². The first-order chi connectivity index (χ1) is 4.18. The molecule has 0 aromatic heterocycles. The third-order valence-electron chi connectivity index (χ3n) is 0.699. The van der Waals surface area contributed by atoms with Crippen molar-refractivity contribution in [1.82, 2.24) is 0 Å². The average molecular weight is 166 g/mol. The van der Waals surface area contributed by atoms with Crippen molar-refractivity contribution in [2.24, 2.45) is 5.73 Å². The molecule has 0 amide bonds. The van der Waals surface area contributed by atoms with Gasteiger partial charge in [-0.15, -0.1) is 12.4 Å². The van der Waals surface area contributed by atoms with Gasteiger partial charge in [-0.3, -0.25) is 0 Å². The summed E-state index contributed by atoms with van der Waals surface area (Å²) >= 11 is 0. The molecule has 10 heavy (non-hydrogen) atoms. The zero-order valence-corrected chi connectivity index (χ0v) is 6.74. The molecule has 0 aliphatic carbocycles. The lowest BCUT2D eigenvalue weighted by molar-refractivity contribution is -0.138. The Kier molecular flexibility index (Phi) is 8.00. The zero-order valence-electron chi connectivity index (χ0n) is 5.92. The molecule has 0 spiro atoms. The summed E-state index contributed by atoms with van der Waals surface area (Å²) in [6.07, 6.45) is 0. The molecule has 3 nitrogen and oxygen atoms in total. The highest BCUT2D eigenvalue weighted by atomic mass is 35.5. The van der Waals surface area contributed by atoms with Crippen molar-refractivity contribution < 1.29 is 9.53 Å². The van der Waals surface area contributed by atoms with Crippen LogP contribution in [0.1, 0.15) is 6.92 Å². The summed E-state index contributed by atoms with van der Waals surface area (Å²) in [6, 6.07) is 0. The Labute approximate surface area is 66.6 Å². The van der Waals surface area contributed by atoms with Gasteiger partial charge in [-0.25, -0.2) is 4.79 Å². The Hall–Kier alpha value is -0.540. The molecule has 0 saturated carbocycles. The largest absolute Gasteiger partial charge is 0.461 e. The van der Waals surface area contributed by atoms with Crippen LogP contribution >= 0.6 is 12.4 Å². The van der Waals surface area contributed by atoms with Crippen molar-refractivity contribution in [3.63, 3.8) is 0 Å². The number of halogens is 1. The topological polar surface area (TPSA) is 52.3 Å². The molecule has 2 N–H and O–H groups in total. The fourth-order valence-corrected chi connectivity index (χ4v) is 0.275. The molecule has 60 valence electrons. The highest BCUT2D eigenvalue weighted by Crippen LogP contribution is 1.89. The van der Waals surface area contributed by atoms with Gasteiger partial charge in [-0.05, 0) is 6.92 Å². The van der Waals surface area contributed by atoms with Crippen LogP contribution in [-0.4, -0.2) is 19.1 Å². The first-order valence-corrected chi connectivity index (χ1v) is 2.71. The van der Waals surface area contributed by atoms with Crippen LogP contribution in [0.15, 0.2) is 12.2 Å². The van der Waals surface area contributed by atoms with Crippen molar-refractivity contribution in [3.05, 3.63) is 12.2 Å². The minimum Gasteiger partial charge on any atom is -0.461 e. The smallest absolute Gasteiger partial charge is 0.333 e. The van der Waals surface area contributed by atoms with Gasteiger partial charge >= 0.3 is 5.97 Å². The molecule has 0 heterocycles. The molecule has 4 heteroatoms. The third kappa shape index (κ3) is 5.59. The van der Waals surface area contributed by atoms with Gasteiger partial charge in [-0.1, -0.05) is 6.58 Å². The molecule has 0 aliphatic heterocycles. The Morgan fingerprint density at radius 3 is 2.50 bits per heavy atom. The van der Waals surface area contributed by atoms with Crippen LogP contribution in [0.2, 0.25) is 0 Å². The van der Waals surface area contributed by atoms with Gasteiger partial charge in [0.2, 0.25) is 0 Å². The van der Waals surface area contributed by atoms with E-state index in [9.17, 15) is 4.79 Å². The molecular weight excluding hydrogens is 154 g/mol. The summed E-state index contributed by atoms with van der Waals surface area (Å²) in [4.78, 5) is 10.5. The van der Waals surface area contributed by atoms with Crippen molar-refractivity contribution in [2.45, 2.75) is 6.92 Å². The van der Waals surface area contributed by atoms with Gasteiger partial charge in [0, 0.05) is 12.1 Å². The Balaban J connectivity index is 0. The number of hydrogen-bond acceptors (Lipinski definition) is 3. The van der Waals surface area contributed by atoms with Crippen molar-refractivity contribution in [3.8, 4) is 0 Å². The zero-order chi connectivity index (χ0) is 7.28. The third-order valence-corrected chi connectivity index (χ3v) is 0.699. The number of hydrogen-bond donors (Lipinski definition) is 1. The van der Waals surface area contributed by atoms with Crippen LogP contribution in [0, 0.1) is 0 Å². The lowest BCUT2D eigenvalue weighted by atomic mass is 10.4. The SMILES string of the molecule is C=C(C)C(=O)OCCN.Cl. The van der Waals surface area contributed by atoms with Crippen molar-refractivity contribution in [1.29, 1.82) is 0 Å². The number of ether oxygens (including phenoxy) is 1. The number of esters is 1. The highest BCUT2D eigenvalue weighted by Gasteiger charge is 1.99. The van der Waals surface area contributed by atoms with Crippen LogP contribution in [0.5, 0.6) is 0 Å². The van der Waals surface area contributed by atoms with Crippen LogP contribution in [-0.2, 0) is 9.53 Å². The van der Waals surface area contributed by atoms with E-state index in [1.54, 1.807) is 6.92 Å². The molecule has 0 unspecified atom stereocenters. The van der Waals surface area contributed by atoms with Gasteiger partial charge in [-0.2, -0.15) is 0 Å². The number of rotatable bonds is 3. The maximum atomic E-state index is 10.5. The first-order valence-electron chi connectivity index (χ1n) is 2.71. The maximum absolute atomic E-state index is 10.5. The molecular formula is C6H12ClNO2. The van der Waals surface area contributed by atoms with E-state index < -0.39 is 0 Å². The lowest BCUT2D eigenvalue weighted by Crippen LogP contribution is -2.13. The first kappa shape index (κ1) is 12.2. The Bertz CT molecular complexity index is 125. The molecule has 0 aliphatic rings. The second kappa shape index (κ2) is 6.58. The summed E-state index contributed by atoms with van der Waals surface area (Å²) in [5, 5.41) is 0. The van der Waals surface area contributed by atoms with E-state index in [1.807, 2.05) is 0 Å². The van der Waals surface area contributed by atoms with Gasteiger partial charge in [0.05, 0.1) is 0 Å². The van der Waals surface area contributed by atoms with Crippen LogP contribution in [0.4, 0.5) is 0 Å². The number of carbonyl (C=O) groups is 1. The van der Waals surface area contributed by atoms with E-state index in [4.69, 9.17) is 5.73 Å². The molecule has 0 rings (SSSR count). The van der Waals surface area contributed by atoms with Crippen LogP contribution in [0.25, 0.3) is 0 Å². The van der Waals surface area contributed by atoms with E-state index in [-0.39, 0.29) is 25.0 Å². The Morgan fingerprint density at radius 1 is 1.70 bits per heavy atom. The van der Waals surface area contributed by atoms with Crippen LogP contribution in [0.3, 0.4) is 0 Å². The summed E-state index contributed by atoms with van der Waals surface area (Å²) in [5.41, 5.74) is 5.48. The van der Waals surface area contributed by atoms with E-state index in [1.165, 1.54) is 0 Å². The van der Waals surface area contributed by atoms with Gasteiger partial charge in [0.1, 0.15) is 6.61 Å². The molecule has 0 saturated heterocycles. The summed E-state index contributed by atoms with van der Waals surface area (Å²) in [6.45, 7) is 5.62. The predicted molar refractivity (Wildman–Crippen MR) is 42.1 cm³/mol. The summed E-state index contributed by atoms with van der Waals surface area (Å²) in [5.74, 6) is -0.375. The average Bonchev–Trinajstić information content (AvgIpc) is 1.82. The minimum absolute atomic E-state index is 0.